The smallest absolute Gasteiger partial charge is 0.310 e. The molecule has 0 N–H and O–H groups in total. The molecule has 1 aliphatic carbocycles. The van der Waals surface area contributed by atoms with Crippen LogP contribution in [0.4, 0.5) is 0 Å². The van der Waals surface area contributed by atoms with Crippen LogP contribution in [0.25, 0.3) is 0 Å². The summed E-state index contributed by atoms with van der Waals surface area (Å²) < 4.78 is 4.98. The van der Waals surface area contributed by atoms with E-state index in [1.165, 1.54) is 12.0 Å². The average molecular weight is 180 g/mol. The summed E-state index contributed by atoms with van der Waals surface area (Å²) in [7, 11) is 0. The Labute approximate surface area is 79.3 Å². The van der Waals surface area contributed by atoms with Crippen molar-refractivity contribution >= 4 is 5.97 Å². The Morgan fingerprint density at radius 3 is 3.15 bits per heavy atom. The molecule has 2 nitrogen and oxygen atoms in total. The van der Waals surface area contributed by atoms with E-state index in [-0.39, 0.29) is 5.97 Å². The molecular formula is C11H16O2. The van der Waals surface area contributed by atoms with Gasteiger partial charge in [-0.3, -0.25) is 4.79 Å². The van der Waals surface area contributed by atoms with Gasteiger partial charge in [0.1, 0.15) is 6.61 Å². The predicted molar refractivity (Wildman–Crippen MR) is 52.3 cm³/mol. The third-order valence-electron chi connectivity index (χ3n) is 2.08. The van der Waals surface area contributed by atoms with Crippen molar-refractivity contribution in [2.75, 3.05) is 6.61 Å². The first kappa shape index (κ1) is 10.0. The molecule has 0 amide bonds. The minimum absolute atomic E-state index is 0.105. The van der Waals surface area contributed by atoms with Crippen molar-refractivity contribution in [3.8, 4) is 0 Å². The minimum atomic E-state index is -0.105. The van der Waals surface area contributed by atoms with Crippen LogP contribution in [0.15, 0.2) is 23.8 Å². The molecule has 0 spiro atoms. The van der Waals surface area contributed by atoms with Gasteiger partial charge in [-0.05, 0) is 26.2 Å². The number of carbonyl (C=O) groups is 1. The van der Waals surface area contributed by atoms with Gasteiger partial charge in [0.15, 0.2) is 0 Å². The quantitative estimate of drug-likeness (QED) is 0.491. The molecule has 0 aliphatic heterocycles. The summed E-state index contributed by atoms with van der Waals surface area (Å²) in [6.45, 7) is 2.32. The number of carbonyl (C=O) groups excluding carboxylic acids is 1. The first-order chi connectivity index (χ1) is 6.33. The van der Waals surface area contributed by atoms with Gasteiger partial charge in [0, 0.05) is 0 Å². The van der Waals surface area contributed by atoms with E-state index in [0.29, 0.717) is 13.0 Å². The maximum atomic E-state index is 11.2. The van der Waals surface area contributed by atoms with Crippen molar-refractivity contribution in [1.82, 2.24) is 0 Å². The van der Waals surface area contributed by atoms with E-state index in [4.69, 9.17) is 4.74 Å². The van der Waals surface area contributed by atoms with Crippen LogP contribution >= 0.6 is 0 Å². The number of hydrogen-bond donors (Lipinski definition) is 0. The molecular weight excluding hydrogens is 164 g/mol. The molecule has 0 atom stereocenters. The Morgan fingerprint density at radius 2 is 2.54 bits per heavy atom. The van der Waals surface area contributed by atoms with E-state index < -0.39 is 0 Å². The second-order valence-electron chi connectivity index (χ2n) is 3.18. The Hall–Kier alpha value is -1.05. The number of rotatable bonds is 4. The molecule has 0 fully saturated rings. The van der Waals surface area contributed by atoms with Crippen LogP contribution in [0.5, 0.6) is 0 Å². The molecule has 0 aromatic carbocycles. The van der Waals surface area contributed by atoms with Crippen molar-refractivity contribution in [3.63, 3.8) is 0 Å². The van der Waals surface area contributed by atoms with Gasteiger partial charge in [0.05, 0.1) is 6.42 Å². The highest BCUT2D eigenvalue weighted by Gasteiger charge is 2.09. The van der Waals surface area contributed by atoms with Gasteiger partial charge in [0.2, 0.25) is 0 Å². The van der Waals surface area contributed by atoms with E-state index >= 15 is 0 Å². The summed E-state index contributed by atoms with van der Waals surface area (Å²) in [6, 6.07) is 0. The van der Waals surface area contributed by atoms with Gasteiger partial charge >= 0.3 is 5.97 Å². The molecule has 0 aromatic rings. The lowest BCUT2D eigenvalue weighted by atomic mass is 10.2. The van der Waals surface area contributed by atoms with Gasteiger partial charge in [-0.25, -0.2) is 0 Å². The summed E-state index contributed by atoms with van der Waals surface area (Å²) >= 11 is 0. The van der Waals surface area contributed by atoms with Crippen LogP contribution in [0.1, 0.15) is 32.6 Å². The normalized spacial score (nSPS) is 16.2. The first-order valence-electron chi connectivity index (χ1n) is 4.77. The zero-order valence-corrected chi connectivity index (χ0v) is 8.08. The van der Waals surface area contributed by atoms with E-state index in [1.54, 1.807) is 0 Å². The van der Waals surface area contributed by atoms with Gasteiger partial charge in [-0.1, -0.05) is 23.8 Å². The molecule has 0 radical (unpaired) electrons. The fourth-order valence-corrected chi connectivity index (χ4v) is 1.37. The molecule has 0 saturated carbocycles. The van der Waals surface area contributed by atoms with Crippen LogP contribution in [0.3, 0.4) is 0 Å². The minimum Gasteiger partial charge on any atom is -0.461 e. The Bertz CT molecular complexity index is 226. The highest BCUT2D eigenvalue weighted by molar-refractivity contribution is 5.72. The largest absolute Gasteiger partial charge is 0.461 e. The fourth-order valence-electron chi connectivity index (χ4n) is 1.37. The summed E-state index contributed by atoms with van der Waals surface area (Å²) in [5.74, 6) is -0.105. The average Bonchev–Trinajstić information content (AvgIpc) is 2.57. The molecule has 0 saturated heterocycles. The molecule has 0 heterocycles. The van der Waals surface area contributed by atoms with Gasteiger partial charge in [0.25, 0.3) is 0 Å². The summed E-state index contributed by atoms with van der Waals surface area (Å²) in [6.07, 6.45) is 9.73. The molecule has 1 aliphatic rings. The van der Waals surface area contributed by atoms with Crippen molar-refractivity contribution in [2.24, 2.45) is 0 Å². The van der Waals surface area contributed by atoms with Crippen LogP contribution in [-0.2, 0) is 9.53 Å². The fraction of sp³-hybridized carbons (Fsp3) is 0.545. The SMILES string of the molecule is C/C=C/COC(=O)CC1=CCCC1. The van der Waals surface area contributed by atoms with Gasteiger partial charge in [-0.15, -0.1) is 0 Å². The van der Waals surface area contributed by atoms with Crippen molar-refractivity contribution in [3.05, 3.63) is 23.8 Å². The van der Waals surface area contributed by atoms with Gasteiger partial charge < -0.3 is 4.74 Å². The summed E-state index contributed by atoms with van der Waals surface area (Å²) in [4.78, 5) is 11.2. The lowest BCUT2D eigenvalue weighted by Gasteiger charge is -2.01. The maximum Gasteiger partial charge on any atom is 0.310 e. The van der Waals surface area contributed by atoms with E-state index in [1.807, 2.05) is 19.1 Å². The molecule has 0 aromatic heterocycles. The molecule has 1 rings (SSSR count). The Balaban J connectivity index is 2.17. The van der Waals surface area contributed by atoms with Crippen molar-refractivity contribution in [1.29, 1.82) is 0 Å². The monoisotopic (exact) mass is 180 g/mol. The second kappa shape index (κ2) is 5.57. The lowest BCUT2D eigenvalue weighted by molar-refractivity contribution is -0.141. The third-order valence-corrected chi connectivity index (χ3v) is 2.08. The molecule has 0 unspecified atom stereocenters. The topological polar surface area (TPSA) is 26.3 Å². The van der Waals surface area contributed by atoms with E-state index in [9.17, 15) is 4.79 Å². The van der Waals surface area contributed by atoms with Crippen LogP contribution in [0, 0.1) is 0 Å². The summed E-state index contributed by atoms with van der Waals surface area (Å²) in [5.41, 5.74) is 1.24. The predicted octanol–water partition coefficient (Wildman–Crippen LogP) is 2.61. The van der Waals surface area contributed by atoms with E-state index in [0.717, 1.165) is 12.8 Å². The highest BCUT2D eigenvalue weighted by Crippen LogP contribution is 2.20. The number of allylic oxidation sites excluding steroid dienone is 2. The molecule has 2 heteroatoms. The van der Waals surface area contributed by atoms with Gasteiger partial charge in [-0.2, -0.15) is 0 Å². The van der Waals surface area contributed by atoms with Crippen LogP contribution < -0.4 is 0 Å². The lowest BCUT2D eigenvalue weighted by Crippen LogP contribution is -2.04. The zero-order chi connectivity index (χ0) is 9.52. The molecule has 0 bridgehead atoms. The van der Waals surface area contributed by atoms with E-state index in [2.05, 4.69) is 6.08 Å². The Morgan fingerprint density at radius 1 is 1.69 bits per heavy atom. The van der Waals surface area contributed by atoms with Crippen molar-refractivity contribution in [2.45, 2.75) is 32.6 Å². The molecule has 13 heavy (non-hydrogen) atoms. The summed E-state index contributed by atoms with van der Waals surface area (Å²) in [5, 5.41) is 0. The molecule has 72 valence electrons. The zero-order valence-electron chi connectivity index (χ0n) is 8.08. The van der Waals surface area contributed by atoms with Crippen LogP contribution in [-0.4, -0.2) is 12.6 Å². The second-order valence-corrected chi connectivity index (χ2v) is 3.18. The van der Waals surface area contributed by atoms with Crippen LogP contribution in [0.2, 0.25) is 0 Å². The number of ether oxygens (including phenoxy) is 1. The first-order valence-corrected chi connectivity index (χ1v) is 4.77. The maximum absolute atomic E-state index is 11.2. The number of hydrogen-bond acceptors (Lipinski definition) is 2. The highest BCUT2D eigenvalue weighted by atomic mass is 16.5. The standard InChI is InChI=1S/C11H16O2/c1-2-3-8-13-11(12)9-10-6-4-5-7-10/h2-3,6H,4-5,7-9H2,1H3/b3-2+. The third kappa shape index (κ3) is 3.92. The Kier molecular flexibility index (Phi) is 4.30. The van der Waals surface area contributed by atoms with Crippen molar-refractivity contribution < 1.29 is 9.53 Å². The number of esters is 1.